The zero-order valence-corrected chi connectivity index (χ0v) is 12.9. The molecule has 2 N–H and O–H groups in total. The summed E-state index contributed by atoms with van der Waals surface area (Å²) in [5.41, 5.74) is 1.42. The Morgan fingerprint density at radius 2 is 2.05 bits per heavy atom. The van der Waals surface area contributed by atoms with Crippen LogP contribution in [-0.4, -0.2) is 25.4 Å². The summed E-state index contributed by atoms with van der Waals surface area (Å²) in [6.45, 7) is 0.642. The normalized spacial score (nSPS) is 11.5. The summed E-state index contributed by atoms with van der Waals surface area (Å²) < 4.78 is 27.1. The minimum Gasteiger partial charge on any atom is -0.316 e. The number of aromatic nitrogens is 2. The summed E-state index contributed by atoms with van der Waals surface area (Å²) in [5.74, 6) is 0. The van der Waals surface area contributed by atoms with Gasteiger partial charge in [0.15, 0.2) is 0 Å². The van der Waals surface area contributed by atoms with Crippen molar-refractivity contribution in [2.45, 2.75) is 18.0 Å². The van der Waals surface area contributed by atoms with Crippen LogP contribution >= 0.6 is 11.6 Å². The van der Waals surface area contributed by atoms with Crippen LogP contribution < -0.4 is 10.0 Å². The number of rotatable bonds is 6. The Hall–Kier alpha value is -1.54. The van der Waals surface area contributed by atoms with E-state index in [0.29, 0.717) is 12.2 Å². The average Bonchev–Trinajstić information content (AvgIpc) is 2.48. The molecule has 0 aliphatic heterocycles. The van der Waals surface area contributed by atoms with Gasteiger partial charge in [-0.3, -0.25) is 0 Å². The molecule has 0 atom stereocenters. The fourth-order valence-electron chi connectivity index (χ4n) is 1.74. The molecule has 0 amide bonds. The first kappa shape index (κ1) is 15.8. The molecule has 0 unspecified atom stereocenters. The first-order valence-corrected chi connectivity index (χ1v) is 8.06. The molecule has 1 aromatic carbocycles. The maximum atomic E-state index is 12.3. The fraction of sp³-hybridized carbons (Fsp3) is 0.231. The molecule has 0 bridgehead atoms. The van der Waals surface area contributed by atoms with Gasteiger partial charge in [-0.1, -0.05) is 17.7 Å². The van der Waals surface area contributed by atoms with Crippen LogP contribution in [0.1, 0.15) is 11.3 Å². The predicted octanol–water partition coefficient (Wildman–Crippen LogP) is 1.33. The molecule has 0 fully saturated rings. The Morgan fingerprint density at radius 3 is 2.71 bits per heavy atom. The molecular weight excluding hydrogens is 312 g/mol. The third kappa shape index (κ3) is 4.21. The lowest BCUT2D eigenvalue weighted by Crippen LogP contribution is -2.24. The summed E-state index contributed by atoms with van der Waals surface area (Å²) >= 11 is 6.00. The number of halogens is 1. The zero-order valence-electron chi connectivity index (χ0n) is 11.4. The molecule has 112 valence electrons. The van der Waals surface area contributed by atoms with E-state index in [0.717, 1.165) is 5.56 Å². The summed E-state index contributed by atoms with van der Waals surface area (Å²) in [6, 6.07) is 6.55. The molecule has 0 spiro atoms. The van der Waals surface area contributed by atoms with Gasteiger partial charge >= 0.3 is 0 Å². The van der Waals surface area contributed by atoms with E-state index in [1.54, 1.807) is 37.5 Å². The highest BCUT2D eigenvalue weighted by atomic mass is 35.5. The van der Waals surface area contributed by atoms with Crippen LogP contribution in [0.2, 0.25) is 5.02 Å². The Morgan fingerprint density at radius 1 is 1.24 bits per heavy atom. The lowest BCUT2D eigenvalue weighted by Gasteiger charge is -2.10. The second-order valence-corrected chi connectivity index (χ2v) is 6.46. The summed E-state index contributed by atoms with van der Waals surface area (Å²) in [5, 5.41) is 3.15. The minimum absolute atomic E-state index is 0.0611. The third-order valence-corrected chi connectivity index (χ3v) is 4.64. The average molecular weight is 327 g/mol. The SMILES string of the molecule is CNCc1ccc(Cl)c(S(=O)(=O)NCc2ccncn2)c1. The molecule has 0 saturated heterocycles. The molecule has 1 aromatic heterocycles. The van der Waals surface area contributed by atoms with Crippen molar-refractivity contribution in [1.82, 2.24) is 20.0 Å². The van der Waals surface area contributed by atoms with Gasteiger partial charge in [-0.25, -0.2) is 23.1 Å². The predicted molar refractivity (Wildman–Crippen MR) is 80.3 cm³/mol. The molecule has 0 aliphatic rings. The van der Waals surface area contributed by atoms with Crippen molar-refractivity contribution >= 4 is 21.6 Å². The van der Waals surface area contributed by atoms with Crippen LogP contribution in [-0.2, 0) is 23.1 Å². The van der Waals surface area contributed by atoms with Crippen molar-refractivity contribution < 1.29 is 8.42 Å². The van der Waals surface area contributed by atoms with Crippen molar-refractivity contribution in [3.63, 3.8) is 0 Å². The Balaban J connectivity index is 2.21. The molecular formula is C13H15ClN4O2S. The van der Waals surface area contributed by atoms with Crippen LogP contribution in [0.25, 0.3) is 0 Å². The lowest BCUT2D eigenvalue weighted by atomic mass is 10.2. The molecule has 1 heterocycles. The van der Waals surface area contributed by atoms with Crippen LogP contribution in [0, 0.1) is 0 Å². The number of hydrogen-bond acceptors (Lipinski definition) is 5. The van der Waals surface area contributed by atoms with E-state index in [9.17, 15) is 8.42 Å². The second-order valence-electron chi connectivity index (χ2n) is 4.32. The van der Waals surface area contributed by atoms with Gasteiger partial charge in [0.25, 0.3) is 0 Å². The highest BCUT2D eigenvalue weighted by molar-refractivity contribution is 7.89. The first-order valence-electron chi connectivity index (χ1n) is 6.20. The van der Waals surface area contributed by atoms with Crippen molar-refractivity contribution in [2.75, 3.05) is 7.05 Å². The molecule has 21 heavy (non-hydrogen) atoms. The van der Waals surface area contributed by atoms with Crippen molar-refractivity contribution in [2.24, 2.45) is 0 Å². The second kappa shape index (κ2) is 6.95. The van der Waals surface area contributed by atoms with E-state index < -0.39 is 10.0 Å². The van der Waals surface area contributed by atoms with E-state index in [4.69, 9.17) is 11.6 Å². The number of benzene rings is 1. The summed E-state index contributed by atoms with van der Waals surface area (Å²) in [4.78, 5) is 7.80. The van der Waals surface area contributed by atoms with Gasteiger partial charge in [0.2, 0.25) is 10.0 Å². The van der Waals surface area contributed by atoms with Crippen molar-refractivity contribution in [3.05, 3.63) is 53.1 Å². The third-order valence-electron chi connectivity index (χ3n) is 2.75. The van der Waals surface area contributed by atoms with E-state index in [2.05, 4.69) is 20.0 Å². The van der Waals surface area contributed by atoms with E-state index in [1.807, 2.05) is 0 Å². The maximum absolute atomic E-state index is 12.3. The molecule has 8 heteroatoms. The number of nitrogens with zero attached hydrogens (tertiary/aromatic N) is 2. The van der Waals surface area contributed by atoms with Crippen LogP contribution in [0.4, 0.5) is 0 Å². The molecule has 0 saturated carbocycles. The Bertz CT molecular complexity index is 707. The number of sulfonamides is 1. The molecule has 0 aliphatic carbocycles. The summed E-state index contributed by atoms with van der Waals surface area (Å²) in [6.07, 6.45) is 2.92. The quantitative estimate of drug-likeness (QED) is 0.836. The highest BCUT2D eigenvalue weighted by Crippen LogP contribution is 2.22. The highest BCUT2D eigenvalue weighted by Gasteiger charge is 2.18. The van der Waals surface area contributed by atoms with Crippen molar-refractivity contribution in [1.29, 1.82) is 0 Å². The van der Waals surface area contributed by atoms with E-state index in [-0.39, 0.29) is 16.5 Å². The van der Waals surface area contributed by atoms with Gasteiger partial charge in [-0.2, -0.15) is 0 Å². The standard InChI is InChI=1S/C13H15ClN4O2S/c1-15-7-10-2-3-12(14)13(6-10)21(19,20)18-8-11-4-5-16-9-17-11/h2-6,9,15,18H,7-8H2,1H3. The van der Waals surface area contributed by atoms with Gasteiger partial charge in [0.1, 0.15) is 11.2 Å². The van der Waals surface area contributed by atoms with Crippen LogP contribution in [0.15, 0.2) is 41.7 Å². The molecule has 6 nitrogen and oxygen atoms in total. The van der Waals surface area contributed by atoms with E-state index in [1.165, 1.54) is 6.33 Å². The zero-order chi connectivity index (χ0) is 15.3. The Labute approximate surface area is 128 Å². The maximum Gasteiger partial charge on any atom is 0.242 e. The fourth-order valence-corrected chi connectivity index (χ4v) is 3.28. The van der Waals surface area contributed by atoms with Gasteiger partial charge < -0.3 is 5.32 Å². The largest absolute Gasteiger partial charge is 0.316 e. The molecule has 2 rings (SSSR count). The van der Waals surface area contributed by atoms with Crippen molar-refractivity contribution in [3.8, 4) is 0 Å². The van der Waals surface area contributed by atoms with Gasteiger partial charge in [0.05, 0.1) is 17.3 Å². The van der Waals surface area contributed by atoms with Gasteiger partial charge in [-0.15, -0.1) is 0 Å². The topological polar surface area (TPSA) is 84.0 Å². The smallest absolute Gasteiger partial charge is 0.242 e. The monoisotopic (exact) mass is 326 g/mol. The number of hydrogen-bond donors (Lipinski definition) is 2. The number of nitrogens with one attached hydrogen (secondary N) is 2. The molecule has 2 aromatic rings. The van der Waals surface area contributed by atoms with E-state index >= 15 is 0 Å². The lowest BCUT2D eigenvalue weighted by molar-refractivity contribution is 0.580. The Kier molecular flexibility index (Phi) is 5.24. The molecule has 0 radical (unpaired) electrons. The van der Waals surface area contributed by atoms with Gasteiger partial charge in [-0.05, 0) is 30.8 Å². The summed E-state index contributed by atoms with van der Waals surface area (Å²) in [7, 11) is -1.91. The van der Waals surface area contributed by atoms with Crippen LogP contribution in [0.3, 0.4) is 0 Å². The van der Waals surface area contributed by atoms with Gasteiger partial charge in [0, 0.05) is 12.7 Å². The van der Waals surface area contributed by atoms with Crippen LogP contribution in [0.5, 0.6) is 0 Å². The first-order chi connectivity index (χ1) is 10.0. The minimum atomic E-state index is -3.70.